The summed E-state index contributed by atoms with van der Waals surface area (Å²) in [5.74, 6) is 1.92. The molecule has 0 aromatic heterocycles. The first kappa shape index (κ1) is 35.2. The fourth-order valence-electron chi connectivity index (χ4n) is 7.41. The van der Waals surface area contributed by atoms with Crippen LogP contribution < -0.4 is 5.32 Å². The molecule has 6 heteroatoms. The molecule has 0 spiro atoms. The quantitative estimate of drug-likeness (QED) is 0.140. The molecule has 0 unspecified atom stereocenters. The molecule has 260 valence electrons. The minimum Gasteiger partial charge on any atom is -0.508 e. The normalized spacial score (nSPS) is 15.7. The van der Waals surface area contributed by atoms with Gasteiger partial charge in [-0.15, -0.1) is 0 Å². The standard InChI is InChI=1S/C44H51N3O3/c48-42-18-15-37(16-19-42)25-30-47(43(49)20-17-34-7-2-1-3-8-34)33-38-11-5-12-39(31-38)40-13-6-14-41(32-40)44(50)46-28-23-36(24-29-46)10-4-9-35-21-26-45-27-22-35/h1-3,5-8,11-20,31-32,35-36,45,48H,4,9-10,21-30,33H2/b20-17+. The number of piperidine rings is 2. The number of hydrogen-bond donors (Lipinski definition) is 2. The highest BCUT2D eigenvalue weighted by Crippen LogP contribution is 2.28. The maximum absolute atomic E-state index is 13.6. The molecule has 2 heterocycles. The molecule has 2 fully saturated rings. The van der Waals surface area contributed by atoms with Crippen LogP contribution in [0.4, 0.5) is 0 Å². The first-order valence-electron chi connectivity index (χ1n) is 18.5. The summed E-state index contributed by atoms with van der Waals surface area (Å²) in [5.41, 5.74) is 5.80. The first-order chi connectivity index (χ1) is 24.5. The Morgan fingerprint density at radius 3 is 2.18 bits per heavy atom. The van der Waals surface area contributed by atoms with Crippen LogP contribution in [0.5, 0.6) is 5.75 Å². The molecule has 50 heavy (non-hydrogen) atoms. The molecule has 2 amide bonds. The Morgan fingerprint density at radius 1 is 0.760 bits per heavy atom. The zero-order chi connectivity index (χ0) is 34.5. The molecule has 0 atom stereocenters. The van der Waals surface area contributed by atoms with Gasteiger partial charge in [-0.1, -0.05) is 92.1 Å². The molecule has 2 aliphatic rings. The van der Waals surface area contributed by atoms with E-state index < -0.39 is 0 Å². The van der Waals surface area contributed by atoms with E-state index in [2.05, 4.69) is 29.6 Å². The van der Waals surface area contributed by atoms with Gasteiger partial charge in [-0.2, -0.15) is 0 Å². The van der Waals surface area contributed by atoms with Gasteiger partial charge in [0.2, 0.25) is 5.91 Å². The minimum atomic E-state index is -0.0591. The van der Waals surface area contributed by atoms with Crippen LogP contribution in [0, 0.1) is 11.8 Å². The number of phenolic OH excluding ortho intramolecular Hbond substituents is 1. The van der Waals surface area contributed by atoms with E-state index in [9.17, 15) is 14.7 Å². The summed E-state index contributed by atoms with van der Waals surface area (Å²) in [5, 5.41) is 13.2. The van der Waals surface area contributed by atoms with Gasteiger partial charge in [0, 0.05) is 37.8 Å². The number of benzene rings is 4. The van der Waals surface area contributed by atoms with E-state index in [4.69, 9.17) is 0 Å². The van der Waals surface area contributed by atoms with Gasteiger partial charge in [0.25, 0.3) is 5.91 Å². The Bertz CT molecular complexity index is 1700. The lowest BCUT2D eigenvalue weighted by molar-refractivity contribution is -0.126. The van der Waals surface area contributed by atoms with Gasteiger partial charge in [0.1, 0.15) is 5.75 Å². The van der Waals surface area contributed by atoms with Crippen molar-refractivity contribution in [1.82, 2.24) is 15.1 Å². The van der Waals surface area contributed by atoms with Gasteiger partial charge in [-0.3, -0.25) is 9.59 Å². The van der Waals surface area contributed by atoms with Crippen molar-refractivity contribution in [2.75, 3.05) is 32.7 Å². The lowest BCUT2D eigenvalue weighted by atomic mass is 9.87. The number of amides is 2. The molecule has 4 aromatic rings. The van der Waals surface area contributed by atoms with Crippen LogP contribution in [0.15, 0.2) is 109 Å². The summed E-state index contributed by atoms with van der Waals surface area (Å²) in [7, 11) is 0. The molecule has 2 saturated heterocycles. The van der Waals surface area contributed by atoms with E-state index in [0.717, 1.165) is 71.1 Å². The van der Waals surface area contributed by atoms with Crippen molar-refractivity contribution in [3.63, 3.8) is 0 Å². The maximum atomic E-state index is 13.6. The van der Waals surface area contributed by atoms with E-state index in [1.807, 2.05) is 82.6 Å². The second-order valence-corrected chi connectivity index (χ2v) is 14.1. The third kappa shape index (κ3) is 10.2. The van der Waals surface area contributed by atoms with Crippen LogP contribution >= 0.6 is 0 Å². The highest BCUT2D eigenvalue weighted by molar-refractivity contribution is 5.95. The summed E-state index contributed by atoms with van der Waals surface area (Å²) < 4.78 is 0. The number of carbonyl (C=O) groups is 2. The van der Waals surface area contributed by atoms with Crippen LogP contribution in [0.25, 0.3) is 17.2 Å². The zero-order valence-corrected chi connectivity index (χ0v) is 29.2. The third-order valence-electron chi connectivity index (χ3n) is 10.5. The number of hydrogen-bond acceptors (Lipinski definition) is 4. The van der Waals surface area contributed by atoms with E-state index in [0.29, 0.717) is 19.5 Å². The Kier molecular flexibility index (Phi) is 12.5. The molecule has 4 aromatic carbocycles. The number of nitrogens with one attached hydrogen (secondary N) is 1. The number of nitrogens with zero attached hydrogens (tertiary/aromatic N) is 2. The SMILES string of the molecule is O=C(/C=C/c1ccccc1)N(CCc1ccc(O)cc1)Cc1cccc(-c2cccc(C(=O)N3CCC(CCCC4CCNCC4)CC3)c2)c1. The lowest BCUT2D eigenvalue weighted by Gasteiger charge is -2.32. The van der Waals surface area contributed by atoms with Gasteiger partial charge in [0.05, 0.1) is 0 Å². The molecule has 0 radical (unpaired) electrons. The molecule has 2 aliphatic heterocycles. The summed E-state index contributed by atoms with van der Waals surface area (Å²) in [6.07, 6.45) is 13.0. The van der Waals surface area contributed by atoms with Crippen molar-refractivity contribution in [1.29, 1.82) is 0 Å². The molecule has 0 aliphatic carbocycles. The number of aromatic hydroxyl groups is 1. The third-order valence-corrected chi connectivity index (χ3v) is 10.5. The summed E-state index contributed by atoms with van der Waals surface area (Å²) in [4.78, 5) is 31.0. The smallest absolute Gasteiger partial charge is 0.253 e. The van der Waals surface area contributed by atoms with E-state index >= 15 is 0 Å². The average molecular weight is 670 g/mol. The summed E-state index contributed by atoms with van der Waals surface area (Å²) in [6, 6.07) is 33.2. The van der Waals surface area contributed by atoms with E-state index in [1.165, 1.54) is 45.2 Å². The van der Waals surface area contributed by atoms with Crippen LogP contribution in [0.1, 0.15) is 72.0 Å². The lowest BCUT2D eigenvalue weighted by Crippen LogP contribution is -2.38. The zero-order valence-electron chi connectivity index (χ0n) is 29.2. The largest absolute Gasteiger partial charge is 0.508 e. The fourth-order valence-corrected chi connectivity index (χ4v) is 7.41. The van der Waals surface area contributed by atoms with Crippen molar-refractivity contribution >= 4 is 17.9 Å². The highest BCUT2D eigenvalue weighted by Gasteiger charge is 2.24. The molecule has 6 nitrogen and oxygen atoms in total. The highest BCUT2D eigenvalue weighted by atomic mass is 16.3. The number of likely N-dealkylation sites (tertiary alicyclic amines) is 1. The van der Waals surface area contributed by atoms with Gasteiger partial charge in [-0.25, -0.2) is 0 Å². The fraction of sp³-hybridized carbons (Fsp3) is 0.364. The Hall–Kier alpha value is -4.68. The average Bonchev–Trinajstić information content (AvgIpc) is 3.17. The van der Waals surface area contributed by atoms with Crippen LogP contribution in [0.2, 0.25) is 0 Å². The molecule has 0 bridgehead atoms. The minimum absolute atomic E-state index is 0.0591. The van der Waals surface area contributed by atoms with Crippen LogP contribution in [-0.4, -0.2) is 59.4 Å². The Labute approximate surface area is 297 Å². The predicted octanol–water partition coefficient (Wildman–Crippen LogP) is 8.37. The second-order valence-electron chi connectivity index (χ2n) is 14.1. The Balaban J connectivity index is 1.08. The van der Waals surface area contributed by atoms with Crippen molar-refractivity contribution < 1.29 is 14.7 Å². The van der Waals surface area contributed by atoms with Crippen molar-refractivity contribution in [3.8, 4) is 16.9 Å². The van der Waals surface area contributed by atoms with Crippen molar-refractivity contribution in [2.24, 2.45) is 11.8 Å². The monoisotopic (exact) mass is 669 g/mol. The molecular weight excluding hydrogens is 619 g/mol. The van der Waals surface area contributed by atoms with Gasteiger partial charge in [0.15, 0.2) is 0 Å². The van der Waals surface area contributed by atoms with Crippen molar-refractivity contribution in [3.05, 3.63) is 131 Å². The molecule has 0 saturated carbocycles. The topological polar surface area (TPSA) is 72.9 Å². The van der Waals surface area contributed by atoms with Gasteiger partial charge >= 0.3 is 0 Å². The summed E-state index contributed by atoms with van der Waals surface area (Å²) in [6.45, 7) is 5.01. The van der Waals surface area contributed by atoms with Gasteiger partial charge in [-0.05, 0) is 121 Å². The number of carbonyl (C=O) groups excluding carboxylic acids is 2. The maximum Gasteiger partial charge on any atom is 0.253 e. The number of rotatable bonds is 13. The van der Waals surface area contributed by atoms with E-state index in [-0.39, 0.29) is 17.6 Å². The van der Waals surface area contributed by atoms with Crippen LogP contribution in [0.3, 0.4) is 0 Å². The molecule has 2 N–H and O–H groups in total. The Morgan fingerprint density at radius 2 is 1.44 bits per heavy atom. The molecular formula is C44H51N3O3. The van der Waals surface area contributed by atoms with E-state index in [1.54, 1.807) is 18.2 Å². The van der Waals surface area contributed by atoms with Crippen molar-refractivity contribution in [2.45, 2.75) is 57.9 Å². The predicted molar refractivity (Wildman–Crippen MR) is 203 cm³/mol. The van der Waals surface area contributed by atoms with Gasteiger partial charge < -0.3 is 20.2 Å². The molecule has 6 rings (SSSR count). The summed E-state index contributed by atoms with van der Waals surface area (Å²) >= 11 is 0. The number of phenols is 1. The van der Waals surface area contributed by atoms with Crippen LogP contribution in [-0.2, 0) is 17.8 Å². The first-order valence-corrected chi connectivity index (χ1v) is 18.5. The second kappa shape index (κ2) is 17.8.